The van der Waals surface area contributed by atoms with Crippen molar-refractivity contribution >= 4 is 23.0 Å². The molecule has 0 aromatic heterocycles. The van der Waals surface area contributed by atoms with Gasteiger partial charge in [0, 0.05) is 30.4 Å². The van der Waals surface area contributed by atoms with Gasteiger partial charge in [0.1, 0.15) is 0 Å². The van der Waals surface area contributed by atoms with Crippen LogP contribution in [0.15, 0.2) is 18.2 Å². The molecular weight excluding hydrogens is 264 g/mol. The van der Waals surface area contributed by atoms with Crippen molar-refractivity contribution in [3.63, 3.8) is 0 Å². The lowest BCUT2D eigenvalue weighted by molar-refractivity contribution is -0.385. The first-order valence-electron chi connectivity index (χ1n) is 6.80. The topological polar surface area (TPSA) is 46.4 Å². The first-order chi connectivity index (χ1) is 9.22. The summed E-state index contributed by atoms with van der Waals surface area (Å²) in [6.07, 6.45) is 6.24. The van der Waals surface area contributed by atoms with E-state index in [-0.39, 0.29) is 16.5 Å². The Labute approximate surface area is 118 Å². The average molecular weight is 283 g/mol. The SMILES string of the molecule is O=[N+]([O-])c1ccc(N2CCCCCCC2)cc1CCl. The molecule has 0 radical (unpaired) electrons. The summed E-state index contributed by atoms with van der Waals surface area (Å²) in [6, 6.07) is 5.29. The number of hydrogen-bond acceptors (Lipinski definition) is 3. The molecule has 0 atom stereocenters. The van der Waals surface area contributed by atoms with Crippen molar-refractivity contribution in [3.8, 4) is 0 Å². The summed E-state index contributed by atoms with van der Waals surface area (Å²) >= 11 is 5.82. The standard InChI is InChI=1S/C14H19ClN2O2/c15-11-12-10-13(6-7-14(12)17(18)19)16-8-4-2-1-3-5-9-16/h6-7,10H,1-5,8-9,11H2. The summed E-state index contributed by atoms with van der Waals surface area (Å²) in [5.74, 6) is 0.179. The Hall–Kier alpha value is -1.29. The van der Waals surface area contributed by atoms with Crippen LogP contribution < -0.4 is 4.90 Å². The Morgan fingerprint density at radius 3 is 2.37 bits per heavy atom. The number of benzene rings is 1. The number of rotatable bonds is 3. The molecule has 1 aromatic rings. The first kappa shape index (κ1) is 14.1. The third-order valence-electron chi connectivity index (χ3n) is 3.62. The molecule has 0 amide bonds. The molecule has 4 nitrogen and oxygen atoms in total. The highest BCUT2D eigenvalue weighted by molar-refractivity contribution is 6.17. The van der Waals surface area contributed by atoms with Crippen LogP contribution in [0.4, 0.5) is 11.4 Å². The van der Waals surface area contributed by atoms with Crippen LogP contribution in [-0.2, 0) is 5.88 Å². The zero-order valence-corrected chi connectivity index (χ0v) is 11.7. The van der Waals surface area contributed by atoms with Gasteiger partial charge >= 0.3 is 0 Å². The van der Waals surface area contributed by atoms with Crippen LogP contribution in [0.25, 0.3) is 0 Å². The fraction of sp³-hybridized carbons (Fsp3) is 0.571. The van der Waals surface area contributed by atoms with Gasteiger partial charge in [0.25, 0.3) is 5.69 Å². The molecule has 0 N–H and O–H groups in total. The van der Waals surface area contributed by atoms with Crippen LogP contribution in [0.1, 0.15) is 37.7 Å². The van der Waals surface area contributed by atoms with Crippen molar-refractivity contribution in [2.75, 3.05) is 18.0 Å². The third kappa shape index (κ3) is 3.60. The number of anilines is 1. The molecule has 1 aliphatic heterocycles. The van der Waals surface area contributed by atoms with Crippen LogP contribution >= 0.6 is 11.6 Å². The predicted octanol–water partition coefficient (Wildman–Crippen LogP) is 4.10. The molecule has 0 spiro atoms. The second-order valence-corrected chi connectivity index (χ2v) is 5.23. The fourth-order valence-electron chi connectivity index (χ4n) is 2.56. The molecule has 0 saturated carbocycles. The first-order valence-corrected chi connectivity index (χ1v) is 7.34. The number of nitro benzene ring substituents is 1. The largest absolute Gasteiger partial charge is 0.372 e. The average Bonchev–Trinajstić information content (AvgIpc) is 2.37. The molecule has 0 bridgehead atoms. The van der Waals surface area contributed by atoms with Crippen molar-refractivity contribution in [2.24, 2.45) is 0 Å². The van der Waals surface area contributed by atoms with Crippen molar-refractivity contribution in [3.05, 3.63) is 33.9 Å². The van der Waals surface area contributed by atoms with E-state index in [0.29, 0.717) is 5.56 Å². The molecular formula is C14H19ClN2O2. The van der Waals surface area contributed by atoms with Gasteiger partial charge in [-0.05, 0) is 25.0 Å². The molecule has 5 heteroatoms. The number of nitro groups is 1. The van der Waals surface area contributed by atoms with Crippen LogP contribution in [0.3, 0.4) is 0 Å². The molecule has 1 aromatic carbocycles. The van der Waals surface area contributed by atoms with E-state index in [2.05, 4.69) is 4.90 Å². The van der Waals surface area contributed by atoms with Crippen LogP contribution in [0.2, 0.25) is 0 Å². The maximum absolute atomic E-state index is 10.9. The monoisotopic (exact) mass is 282 g/mol. The third-order valence-corrected chi connectivity index (χ3v) is 3.91. The zero-order valence-electron chi connectivity index (χ0n) is 11.0. The molecule has 1 fully saturated rings. The Bertz CT molecular complexity index is 443. The Balaban J connectivity index is 2.21. The lowest BCUT2D eigenvalue weighted by Crippen LogP contribution is -2.27. The molecule has 0 unspecified atom stereocenters. The van der Waals surface area contributed by atoms with E-state index in [9.17, 15) is 10.1 Å². The summed E-state index contributed by atoms with van der Waals surface area (Å²) in [7, 11) is 0. The van der Waals surface area contributed by atoms with Crippen molar-refractivity contribution in [2.45, 2.75) is 38.0 Å². The summed E-state index contributed by atoms with van der Waals surface area (Å²) in [5, 5.41) is 10.9. The highest BCUT2D eigenvalue weighted by Gasteiger charge is 2.16. The van der Waals surface area contributed by atoms with Gasteiger partial charge in [0.15, 0.2) is 0 Å². The van der Waals surface area contributed by atoms with Crippen LogP contribution in [-0.4, -0.2) is 18.0 Å². The van der Waals surface area contributed by atoms with Gasteiger partial charge in [-0.2, -0.15) is 0 Å². The maximum atomic E-state index is 10.9. The minimum atomic E-state index is -0.366. The van der Waals surface area contributed by atoms with Gasteiger partial charge in [0.05, 0.1) is 10.8 Å². The Morgan fingerprint density at radius 1 is 1.16 bits per heavy atom. The van der Waals surface area contributed by atoms with E-state index < -0.39 is 0 Å². The highest BCUT2D eigenvalue weighted by Crippen LogP contribution is 2.27. The minimum absolute atomic E-state index is 0.116. The van der Waals surface area contributed by atoms with Crippen molar-refractivity contribution in [1.82, 2.24) is 0 Å². The Morgan fingerprint density at radius 2 is 1.79 bits per heavy atom. The van der Waals surface area contributed by atoms with Crippen molar-refractivity contribution in [1.29, 1.82) is 0 Å². The van der Waals surface area contributed by atoms with Gasteiger partial charge in [-0.15, -0.1) is 11.6 Å². The van der Waals surface area contributed by atoms with Gasteiger partial charge in [-0.3, -0.25) is 10.1 Å². The zero-order chi connectivity index (χ0) is 13.7. The lowest BCUT2D eigenvalue weighted by Gasteiger charge is -2.27. The molecule has 1 heterocycles. The van der Waals surface area contributed by atoms with Crippen molar-refractivity contribution < 1.29 is 4.92 Å². The van der Waals surface area contributed by atoms with E-state index in [1.807, 2.05) is 12.1 Å². The number of halogens is 1. The summed E-state index contributed by atoms with van der Waals surface area (Å²) in [6.45, 7) is 2.05. The number of hydrogen-bond donors (Lipinski definition) is 0. The van der Waals surface area contributed by atoms with Gasteiger partial charge in [0.2, 0.25) is 0 Å². The summed E-state index contributed by atoms with van der Waals surface area (Å²) in [4.78, 5) is 12.9. The molecule has 0 aliphatic carbocycles. The van der Waals surface area contributed by atoms with E-state index in [4.69, 9.17) is 11.6 Å². The quantitative estimate of drug-likeness (QED) is 0.476. The number of nitrogens with zero attached hydrogens (tertiary/aromatic N) is 2. The van der Waals surface area contributed by atoms with E-state index >= 15 is 0 Å². The second-order valence-electron chi connectivity index (χ2n) is 4.96. The van der Waals surface area contributed by atoms with Gasteiger partial charge in [-0.1, -0.05) is 19.3 Å². The minimum Gasteiger partial charge on any atom is -0.372 e. The van der Waals surface area contributed by atoms with E-state index in [0.717, 1.165) is 18.8 Å². The summed E-state index contributed by atoms with van der Waals surface area (Å²) in [5.41, 5.74) is 1.78. The van der Waals surface area contributed by atoms with Crippen LogP contribution in [0.5, 0.6) is 0 Å². The molecule has 2 rings (SSSR count). The number of alkyl halides is 1. The van der Waals surface area contributed by atoms with E-state index in [1.165, 1.54) is 32.1 Å². The van der Waals surface area contributed by atoms with Crippen LogP contribution in [0, 0.1) is 10.1 Å². The molecule has 19 heavy (non-hydrogen) atoms. The second kappa shape index (κ2) is 6.75. The van der Waals surface area contributed by atoms with Gasteiger partial charge < -0.3 is 4.90 Å². The van der Waals surface area contributed by atoms with Gasteiger partial charge in [-0.25, -0.2) is 0 Å². The lowest BCUT2D eigenvalue weighted by atomic mass is 10.1. The normalized spacial score (nSPS) is 16.8. The molecule has 1 saturated heterocycles. The maximum Gasteiger partial charge on any atom is 0.273 e. The fourth-order valence-corrected chi connectivity index (χ4v) is 2.77. The van der Waals surface area contributed by atoms with E-state index in [1.54, 1.807) is 6.07 Å². The molecule has 104 valence electrons. The highest BCUT2D eigenvalue weighted by atomic mass is 35.5. The summed E-state index contributed by atoms with van der Waals surface area (Å²) < 4.78 is 0. The molecule has 1 aliphatic rings. The Kier molecular flexibility index (Phi) is 5.02. The predicted molar refractivity (Wildman–Crippen MR) is 78.0 cm³/mol. The smallest absolute Gasteiger partial charge is 0.273 e.